The number of para-hydroxylation sites is 1. The molecule has 1 aromatic heterocycles. The molecule has 2 aromatic rings. The van der Waals surface area contributed by atoms with Gasteiger partial charge in [0.1, 0.15) is 11.6 Å². The molecule has 32 heavy (non-hydrogen) atoms. The van der Waals surface area contributed by atoms with E-state index < -0.39 is 17.6 Å². The molecule has 2 aliphatic heterocycles. The minimum atomic E-state index is -0.701. The summed E-state index contributed by atoms with van der Waals surface area (Å²) in [6.07, 6.45) is 1.74. The molecule has 0 bridgehead atoms. The quantitative estimate of drug-likeness (QED) is 0.720. The average molecular weight is 443 g/mol. The smallest absolute Gasteiger partial charge is 0.410 e. The Kier molecular flexibility index (Phi) is 5.60. The van der Waals surface area contributed by atoms with Crippen LogP contribution >= 0.6 is 0 Å². The zero-order valence-corrected chi connectivity index (χ0v) is 19.0. The van der Waals surface area contributed by atoms with Crippen molar-refractivity contribution in [3.8, 4) is 0 Å². The molecular weight excluding hydrogens is 412 g/mol. The van der Waals surface area contributed by atoms with Crippen LogP contribution < -0.4 is 11.0 Å². The molecule has 0 saturated carbocycles. The summed E-state index contributed by atoms with van der Waals surface area (Å²) in [4.78, 5) is 51.2. The molecule has 0 radical (unpaired) electrons. The van der Waals surface area contributed by atoms with E-state index in [1.807, 2.05) is 39.0 Å². The van der Waals surface area contributed by atoms with E-state index in [1.54, 1.807) is 16.5 Å². The van der Waals surface area contributed by atoms with Gasteiger partial charge in [-0.2, -0.15) is 0 Å². The maximum Gasteiger partial charge on any atom is 0.410 e. The molecule has 2 fully saturated rings. The maximum atomic E-state index is 13.1. The van der Waals surface area contributed by atoms with Crippen LogP contribution in [0.5, 0.6) is 0 Å². The second kappa shape index (κ2) is 8.11. The number of imidazole rings is 1. The highest BCUT2D eigenvalue weighted by atomic mass is 16.6. The first-order chi connectivity index (χ1) is 15.1. The normalized spacial score (nSPS) is 20.5. The van der Waals surface area contributed by atoms with E-state index in [9.17, 15) is 19.2 Å². The Bertz CT molecular complexity index is 1130. The monoisotopic (exact) mass is 442 g/mol. The standard InChI is InChI=1S/C23H30N4O5/c1-23(2,3)32-22(31)26-12-10-14(11-13-26)15-6-5-7-16-19(15)25(4)21(30)27(16)17-8-9-18(28)24-20(17)29/h5-7,14,17H,8-13H2,1-4H3,(H,24,28,29). The first-order valence-corrected chi connectivity index (χ1v) is 11.1. The largest absolute Gasteiger partial charge is 0.444 e. The average Bonchev–Trinajstić information content (AvgIpc) is 2.98. The highest BCUT2D eigenvalue weighted by molar-refractivity contribution is 6.00. The van der Waals surface area contributed by atoms with Crippen molar-refractivity contribution in [2.24, 2.45) is 7.05 Å². The van der Waals surface area contributed by atoms with Crippen LogP contribution in [-0.2, 0) is 21.4 Å². The number of hydrogen-bond donors (Lipinski definition) is 1. The fourth-order valence-corrected chi connectivity index (χ4v) is 4.73. The van der Waals surface area contributed by atoms with Crippen LogP contribution in [0.4, 0.5) is 4.79 Å². The van der Waals surface area contributed by atoms with E-state index in [-0.39, 0.29) is 30.0 Å². The van der Waals surface area contributed by atoms with Gasteiger partial charge >= 0.3 is 11.8 Å². The Morgan fingerprint density at radius 2 is 1.78 bits per heavy atom. The number of ether oxygens (including phenoxy) is 1. The van der Waals surface area contributed by atoms with E-state index >= 15 is 0 Å². The number of carbonyl (C=O) groups is 3. The third kappa shape index (κ3) is 4.03. The molecule has 2 saturated heterocycles. The molecule has 3 amide bonds. The molecule has 3 heterocycles. The lowest BCUT2D eigenvalue weighted by Gasteiger charge is -2.33. The number of aryl methyl sites for hydroxylation is 1. The van der Waals surface area contributed by atoms with Crippen LogP contribution in [-0.4, -0.2) is 50.6 Å². The van der Waals surface area contributed by atoms with Crippen molar-refractivity contribution in [3.05, 3.63) is 34.2 Å². The zero-order chi connectivity index (χ0) is 23.2. The molecule has 1 atom stereocenters. The molecule has 9 heteroatoms. The minimum absolute atomic E-state index is 0.181. The van der Waals surface area contributed by atoms with Crippen molar-refractivity contribution in [2.75, 3.05) is 13.1 Å². The van der Waals surface area contributed by atoms with Gasteiger partial charge in [-0.1, -0.05) is 12.1 Å². The molecule has 4 rings (SSSR count). The van der Waals surface area contributed by atoms with Crippen molar-refractivity contribution in [2.45, 2.75) is 64.0 Å². The maximum absolute atomic E-state index is 13.1. The number of rotatable bonds is 2. The highest BCUT2D eigenvalue weighted by Gasteiger charge is 2.33. The van der Waals surface area contributed by atoms with Gasteiger partial charge in [-0.3, -0.25) is 24.0 Å². The number of benzene rings is 1. The molecule has 0 spiro atoms. The van der Waals surface area contributed by atoms with Gasteiger partial charge in [0.25, 0.3) is 0 Å². The van der Waals surface area contributed by atoms with Crippen molar-refractivity contribution in [1.82, 2.24) is 19.4 Å². The number of fused-ring (bicyclic) bond motifs is 1. The summed E-state index contributed by atoms with van der Waals surface area (Å²) < 4.78 is 8.59. The lowest BCUT2D eigenvalue weighted by molar-refractivity contribution is -0.135. The van der Waals surface area contributed by atoms with Gasteiger partial charge in [0.2, 0.25) is 11.8 Å². The number of piperidine rings is 2. The van der Waals surface area contributed by atoms with E-state index in [4.69, 9.17) is 4.74 Å². The third-order valence-electron chi connectivity index (χ3n) is 6.24. The zero-order valence-electron chi connectivity index (χ0n) is 19.0. The second-order valence-electron chi connectivity index (χ2n) is 9.64. The van der Waals surface area contributed by atoms with Gasteiger partial charge in [0.15, 0.2) is 0 Å². The van der Waals surface area contributed by atoms with Crippen molar-refractivity contribution >= 4 is 28.9 Å². The van der Waals surface area contributed by atoms with Crippen molar-refractivity contribution in [1.29, 1.82) is 0 Å². The van der Waals surface area contributed by atoms with E-state index in [0.717, 1.165) is 23.9 Å². The Balaban J connectivity index is 1.62. The van der Waals surface area contributed by atoms with Crippen LogP contribution in [0.15, 0.2) is 23.0 Å². The van der Waals surface area contributed by atoms with Gasteiger partial charge in [-0.15, -0.1) is 0 Å². The molecule has 1 N–H and O–H groups in total. The Labute approximate surface area is 186 Å². The van der Waals surface area contributed by atoms with Gasteiger partial charge in [0.05, 0.1) is 11.0 Å². The number of likely N-dealkylation sites (tertiary alicyclic amines) is 1. The summed E-state index contributed by atoms with van der Waals surface area (Å²) >= 11 is 0. The van der Waals surface area contributed by atoms with Gasteiger partial charge in [-0.05, 0) is 57.6 Å². The molecule has 1 aromatic carbocycles. The summed E-state index contributed by atoms with van der Waals surface area (Å²) in [6, 6.07) is 5.07. The number of aromatic nitrogens is 2. The fourth-order valence-electron chi connectivity index (χ4n) is 4.73. The van der Waals surface area contributed by atoms with Crippen LogP contribution in [0.1, 0.15) is 64.0 Å². The van der Waals surface area contributed by atoms with Crippen molar-refractivity contribution in [3.63, 3.8) is 0 Å². The Morgan fingerprint density at radius 1 is 1.09 bits per heavy atom. The first kappa shape index (κ1) is 22.1. The lowest BCUT2D eigenvalue weighted by Crippen LogP contribution is -2.44. The Hall–Kier alpha value is -3.10. The van der Waals surface area contributed by atoms with Crippen LogP contribution in [0.3, 0.4) is 0 Å². The van der Waals surface area contributed by atoms with E-state index in [1.165, 1.54) is 4.57 Å². The lowest BCUT2D eigenvalue weighted by atomic mass is 9.88. The number of carbonyl (C=O) groups excluding carboxylic acids is 3. The number of imide groups is 1. The van der Waals surface area contributed by atoms with Gasteiger partial charge < -0.3 is 9.64 Å². The molecule has 0 aliphatic carbocycles. The summed E-state index contributed by atoms with van der Waals surface area (Å²) in [5.41, 5.74) is 1.73. The third-order valence-corrected chi connectivity index (χ3v) is 6.24. The summed E-state index contributed by atoms with van der Waals surface area (Å²) in [7, 11) is 1.71. The first-order valence-electron chi connectivity index (χ1n) is 11.1. The van der Waals surface area contributed by atoms with Crippen LogP contribution in [0.2, 0.25) is 0 Å². The summed E-state index contributed by atoms with van der Waals surface area (Å²) in [5.74, 6) is -0.565. The number of amides is 3. The second-order valence-corrected chi connectivity index (χ2v) is 9.64. The predicted octanol–water partition coefficient (Wildman–Crippen LogP) is 2.43. The van der Waals surface area contributed by atoms with Crippen LogP contribution in [0, 0.1) is 0 Å². The number of nitrogens with one attached hydrogen (secondary N) is 1. The molecule has 1 unspecified atom stereocenters. The minimum Gasteiger partial charge on any atom is -0.444 e. The number of nitrogens with zero attached hydrogens (tertiary/aromatic N) is 3. The molecule has 172 valence electrons. The Morgan fingerprint density at radius 3 is 2.41 bits per heavy atom. The molecule has 9 nitrogen and oxygen atoms in total. The van der Waals surface area contributed by atoms with Gasteiger partial charge in [-0.25, -0.2) is 9.59 Å². The molecule has 2 aliphatic rings. The fraction of sp³-hybridized carbons (Fsp3) is 0.565. The van der Waals surface area contributed by atoms with E-state index in [2.05, 4.69) is 5.32 Å². The van der Waals surface area contributed by atoms with E-state index in [0.29, 0.717) is 25.0 Å². The predicted molar refractivity (Wildman–Crippen MR) is 118 cm³/mol. The van der Waals surface area contributed by atoms with Gasteiger partial charge in [0, 0.05) is 26.6 Å². The van der Waals surface area contributed by atoms with Crippen LogP contribution in [0.25, 0.3) is 11.0 Å². The summed E-state index contributed by atoms with van der Waals surface area (Å²) in [5, 5.41) is 2.34. The SMILES string of the molecule is Cn1c(=O)n(C2CCC(=O)NC2=O)c2cccc(C3CCN(C(=O)OC(C)(C)C)CC3)c21. The topological polar surface area (TPSA) is 103 Å². The molecular formula is C23H30N4O5. The summed E-state index contributed by atoms with van der Waals surface area (Å²) in [6.45, 7) is 6.72. The number of hydrogen-bond acceptors (Lipinski definition) is 5. The highest BCUT2D eigenvalue weighted by Crippen LogP contribution is 2.34. The van der Waals surface area contributed by atoms with Crippen molar-refractivity contribution < 1.29 is 19.1 Å².